The molecule has 0 spiro atoms. The molecule has 0 amide bonds. The summed E-state index contributed by atoms with van der Waals surface area (Å²) in [7, 11) is -0.783. The van der Waals surface area contributed by atoms with E-state index in [9.17, 15) is 0 Å². The van der Waals surface area contributed by atoms with E-state index in [-0.39, 0.29) is 0 Å². The second-order valence-electron chi connectivity index (χ2n) is 2.81. The topological polar surface area (TPSA) is 0 Å². The van der Waals surface area contributed by atoms with Gasteiger partial charge in [-0.05, 0) is 11.1 Å². The van der Waals surface area contributed by atoms with Crippen LogP contribution in [0.1, 0.15) is 6.42 Å². The number of halogens is 1. The van der Waals surface area contributed by atoms with E-state index in [4.69, 9.17) is 11.6 Å². The van der Waals surface area contributed by atoms with Crippen LogP contribution in [0.5, 0.6) is 0 Å². The molecule has 0 aromatic carbocycles. The van der Waals surface area contributed by atoms with Gasteiger partial charge in [-0.1, -0.05) is 55.6 Å². The Hall–Kier alpha value is -0.273. The lowest BCUT2D eigenvalue weighted by molar-refractivity contribution is 1.30. The average Bonchev–Trinajstić information content (AvgIpc) is 1.99. The molecule has 0 aromatic heterocycles. The molecule has 0 rings (SSSR count). The predicted molar refractivity (Wildman–Crippen MR) is 56.8 cm³/mol. The van der Waals surface area contributed by atoms with Crippen LogP contribution in [0, 0.1) is 0 Å². The minimum atomic E-state index is -0.783. The van der Waals surface area contributed by atoms with E-state index < -0.39 is 8.80 Å². The molecule has 0 unspecified atom stereocenters. The van der Waals surface area contributed by atoms with Gasteiger partial charge in [0.05, 0.1) is 8.80 Å². The molecule has 0 saturated heterocycles. The van der Waals surface area contributed by atoms with Crippen molar-refractivity contribution in [2.75, 3.05) is 0 Å². The van der Waals surface area contributed by atoms with Crippen molar-refractivity contribution < 1.29 is 0 Å². The summed E-state index contributed by atoms with van der Waals surface area (Å²) >= 11 is 5.96. The van der Waals surface area contributed by atoms with Crippen molar-refractivity contribution in [1.29, 1.82) is 0 Å². The van der Waals surface area contributed by atoms with Crippen LogP contribution in [0.4, 0.5) is 0 Å². The summed E-state index contributed by atoms with van der Waals surface area (Å²) in [6, 6.07) is 0. The van der Waals surface area contributed by atoms with Gasteiger partial charge in [0.1, 0.15) is 0 Å². The van der Waals surface area contributed by atoms with Crippen LogP contribution < -0.4 is 0 Å². The lowest BCUT2D eigenvalue weighted by Crippen LogP contribution is -1.99. The zero-order valence-corrected chi connectivity index (χ0v) is 9.14. The molecule has 0 aliphatic heterocycles. The lowest BCUT2D eigenvalue weighted by atomic mass is 10.2. The zero-order chi connectivity index (χ0) is 8.85. The molecule has 11 heavy (non-hydrogen) atoms. The van der Waals surface area contributed by atoms with Crippen LogP contribution in [-0.2, 0) is 0 Å². The van der Waals surface area contributed by atoms with Gasteiger partial charge in [-0.3, -0.25) is 0 Å². The summed E-state index contributed by atoms with van der Waals surface area (Å²) in [6.07, 6.45) is 4.65. The first kappa shape index (κ1) is 10.7. The molecule has 0 aromatic rings. The highest BCUT2D eigenvalue weighted by atomic mass is 35.5. The van der Waals surface area contributed by atoms with Crippen molar-refractivity contribution in [1.82, 2.24) is 0 Å². The van der Waals surface area contributed by atoms with Gasteiger partial charge < -0.3 is 0 Å². The Morgan fingerprint density at radius 1 is 1.55 bits per heavy atom. The van der Waals surface area contributed by atoms with Gasteiger partial charge in [-0.25, -0.2) is 0 Å². The Balaban J connectivity index is 3.92. The third kappa shape index (κ3) is 5.05. The van der Waals surface area contributed by atoms with Crippen molar-refractivity contribution in [2.45, 2.75) is 19.5 Å². The van der Waals surface area contributed by atoms with Crippen molar-refractivity contribution in [3.63, 3.8) is 0 Å². The maximum Gasteiger partial charge on any atom is 0.0789 e. The van der Waals surface area contributed by atoms with Crippen LogP contribution in [0.3, 0.4) is 0 Å². The van der Waals surface area contributed by atoms with Gasteiger partial charge in [0, 0.05) is 0 Å². The summed E-state index contributed by atoms with van der Waals surface area (Å²) < 4.78 is 1.04. The van der Waals surface area contributed by atoms with Crippen LogP contribution in [0.15, 0.2) is 35.5 Å². The largest absolute Gasteiger partial charge is 0.0988 e. The smallest absolute Gasteiger partial charge is 0.0789 e. The maximum absolute atomic E-state index is 5.96. The highest BCUT2D eigenvalue weighted by molar-refractivity contribution is 6.76. The van der Waals surface area contributed by atoms with Gasteiger partial charge in [0.2, 0.25) is 0 Å². The Kier molecular flexibility index (Phi) is 5.25. The average molecular weight is 187 g/mol. The Bertz CT molecular complexity index is 180. The first-order valence-electron chi connectivity index (χ1n) is 3.73. The molecule has 62 valence electrons. The van der Waals surface area contributed by atoms with Gasteiger partial charge >= 0.3 is 0 Å². The van der Waals surface area contributed by atoms with Crippen molar-refractivity contribution in [3.05, 3.63) is 35.5 Å². The van der Waals surface area contributed by atoms with Crippen LogP contribution in [0.25, 0.3) is 0 Å². The molecule has 0 N–H and O–H groups in total. The predicted octanol–water partition coefficient (Wildman–Crippen LogP) is 3.27. The molecule has 0 fully saturated rings. The molecule has 0 radical (unpaired) electrons. The second-order valence-corrected chi connectivity index (χ2v) is 6.54. The van der Waals surface area contributed by atoms with Gasteiger partial charge in [-0.15, -0.1) is 0 Å². The first-order chi connectivity index (χ1) is 5.07. The maximum atomic E-state index is 5.96. The van der Waals surface area contributed by atoms with Gasteiger partial charge in [0.25, 0.3) is 0 Å². The molecule has 0 bridgehead atoms. The second kappa shape index (κ2) is 5.39. The van der Waals surface area contributed by atoms with Crippen LogP contribution in [0.2, 0.25) is 13.1 Å². The Labute approximate surface area is 75.9 Å². The number of rotatable bonds is 4. The minimum absolute atomic E-state index is 0.783. The van der Waals surface area contributed by atoms with Gasteiger partial charge in [0.15, 0.2) is 0 Å². The first-order valence-corrected chi connectivity index (χ1v) is 7.00. The zero-order valence-electron chi connectivity index (χ0n) is 7.23. The van der Waals surface area contributed by atoms with Gasteiger partial charge in [-0.2, -0.15) is 0 Å². The fraction of sp³-hybridized carbons (Fsp3) is 0.333. The number of hydrogen-bond donors (Lipinski definition) is 0. The van der Waals surface area contributed by atoms with E-state index in [1.54, 1.807) is 6.08 Å². The SMILES string of the molecule is C=CC(=C)CC=C(Cl)[SiH](C)C. The monoisotopic (exact) mass is 186 g/mol. The summed E-state index contributed by atoms with van der Waals surface area (Å²) in [5.74, 6) is 0. The summed E-state index contributed by atoms with van der Waals surface area (Å²) in [6.45, 7) is 11.8. The molecule has 0 aliphatic rings. The van der Waals surface area contributed by atoms with E-state index in [0.717, 1.165) is 16.6 Å². The summed E-state index contributed by atoms with van der Waals surface area (Å²) in [5, 5.41) is 0. The highest BCUT2D eigenvalue weighted by Crippen LogP contribution is 2.10. The molecule has 0 nitrogen and oxygen atoms in total. The van der Waals surface area contributed by atoms with E-state index in [1.165, 1.54) is 0 Å². The van der Waals surface area contributed by atoms with E-state index in [1.807, 2.05) is 6.08 Å². The lowest BCUT2D eigenvalue weighted by Gasteiger charge is -2.00. The summed E-state index contributed by atoms with van der Waals surface area (Å²) in [5.41, 5.74) is 1.03. The highest BCUT2D eigenvalue weighted by Gasteiger charge is 1.98. The summed E-state index contributed by atoms with van der Waals surface area (Å²) in [4.78, 5) is 0. The van der Waals surface area contributed by atoms with Crippen molar-refractivity contribution in [3.8, 4) is 0 Å². The van der Waals surface area contributed by atoms with Crippen LogP contribution in [-0.4, -0.2) is 8.80 Å². The normalized spacial score (nSPS) is 11.8. The molecule has 0 heterocycles. The fourth-order valence-electron chi connectivity index (χ4n) is 0.548. The molecule has 0 saturated carbocycles. The molecule has 2 heteroatoms. The Morgan fingerprint density at radius 2 is 2.09 bits per heavy atom. The number of hydrogen-bond acceptors (Lipinski definition) is 0. The minimum Gasteiger partial charge on any atom is -0.0988 e. The van der Waals surface area contributed by atoms with E-state index in [2.05, 4.69) is 26.3 Å². The number of allylic oxidation sites excluding steroid dienone is 3. The third-order valence-corrected chi connectivity index (χ3v) is 4.20. The van der Waals surface area contributed by atoms with Crippen molar-refractivity contribution >= 4 is 20.4 Å². The van der Waals surface area contributed by atoms with Crippen LogP contribution >= 0.6 is 11.6 Å². The molecular weight excluding hydrogens is 172 g/mol. The fourth-order valence-corrected chi connectivity index (χ4v) is 1.21. The molecular formula is C9H15ClSi. The Morgan fingerprint density at radius 3 is 2.45 bits per heavy atom. The van der Waals surface area contributed by atoms with E-state index in [0.29, 0.717) is 0 Å². The third-order valence-electron chi connectivity index (χ3n) is 1.40. The standard InChI is InChI=1S/C9H15ClSi/c1-5-8(2)6-7-9(10)11(3)4/h5,7,11H,1-2,6H2,3-4H3. The van der Waals surface area contributed by atoms with Crippen molar-refractivity contribution in [2.24, 2.45) is 0 Å². The van der Waals surface area contributed by atoms with E-state index >= 15 is 0 Å². The molecule has 0 atom stereocenters. The molecule has 0 aliphatic carbocycles. The quantitative estimate of drug-likeness (QED) is 0.467.